The molecule has 0 radical (unpaired) electrons. The number of pyridine rings is 1. The van der Waals surface area contributed by atoms with Crippen LogP contribution in [0.2, 0.25) is 5.02 Å². The molecule has 11 heavy (non-hydrogen) atoms. The highest BCUT2D eigenvalue weighted by molar-refractivity contribution is 6.30. The van der Waals surface area contributed by atoms with Crippen LogP contribution in [0, 0.1) is 23.2 Å². The van der Waals surface area contributed by atoms with Crippen LogP contribution in [0.15, 0.2) is 18.3 Å². The Morgan fingerprint density at radius 2 is 2.27 bits per heavy atom. The van der Waals surface area contributed by atoms with E-state index in [1.54, 1.807) is 18.2 Å². The average Bonchev–Trinajstić information content (AvgIpc) is 2.04. The Morgan fingerprint density at radius 1 is 1.45 bits per heavy atom. The monoisotopic (exact) mass is 162 g/mol. The number of nitrogens with zero attached hydrogens (tertiary/aromatic N) is 2. The van der Waals surface area contributed by atoms with Gasteiger partial charge in [-0.2, -0.15) is 5.26 Å². The van der Waals surface area contributed by atoms with Crippen molar-refractivity contribution >= 4 is 11.6 Å². The molecule has 1 rings (SSSR count). The minimum atomic E-state index is 0.552. The molecular weight excluding hydrogens is 160 g/mol. The second-order valence-electron chi connectivity index (χ2n) is 1.72. The SMILES string of the molecule is N#CC#Cc1ccc(Cl)cn1. The summed E-state index contributed by atoms with van der Waals surface area (Å²) >= 11 is 5.57. The second-order valence-corrected chi connectivity index (χ2v) is 2.16. The third-order valence-electron chi connectivity index (χ3n) is 0.974. The lowest BCUT2D eigenvalue weighted by molar-refractivity contribution is 1.29. The Hall–Kier alpha value is -1.51. The maximum Gasteiger partial charge on any atom is 0.152 e. The number of hydrogen-bond donors (Lipinski definition) is 0. The predicted molar refractivity (Wildman–Crippen MR) is 41.7 cm³/mol. The van der Waals surface area contributed by atoms with E-state index < -0.39 is 0 Å². The van der Waals surface area contributed by atoms with Crippen molar-refractivity contribution in [3.8, 4) is 17.9 Å². The van der Waals surface area contributed by atoms with Crippen LogP contribution in [0.4, 0.5) is 0 Å². The van der Waals surface area contributed by atoms with E-state index in [1.807, 2.05) is 0 Å². The summed E-state index contributed by atoms with van der Waals surface area (Å²) in [6.07, 6.45) is 1.49. The molecule has 1 heterocycles. The average molecular weight is 163 g/mol. The van der Waals surface area contributed by atoms with Crippen molar-refractivity contribution in [2.24, 2.45) is 0 Å². The molecule has 0 fully saturated rings. The van der Waals surface area contributed by atoms with Crippen molar-refractivity contribution in [3.63, 3.8) is 0 Å². The highest BCUT2D eigenvalue weighted by atomic mass is 35.5. The van der Waals surface area contributed by atoms with Crippen LogP contribution in [0.1, 0.15) is 5.69 Å². The van der Waals surface area contributed by atoms with Gasteiger partial charge in [0, 0.05) is 12.1 Å². The van der Waals surface area contributed by atoms with Crippen LogP contribution in [-0.4, -0.2) is 4.98 Å². The molecule has 0 saturated heterocycles. The molecule has 2 nitrogen and oxygen atoms in total. The second kappa shape index (κ2) is 3.61. The number of aromatic nitrogens is 1. The summed E-state index contributed by atoms with van der Waals surface area (Å²) < 4.78 is 0. The summed E-state index contributed by atoms with van der Waals surface area (Å²) in [5.41, 5.74) is 0.552. The van der Waals surface area contributed by atoms with Crippen molar-refractivity contribution < 1.29 is 0 Å². The molecule has 0 amide bonds. The Bertz CT molecular complexity index is 337. The molecule has 0 atom stereocenters. The molecule has 0 N–H and O–H groups in total. The highest BCUT2D eigenvalue weighted by Gasteiger charge is 1.87. The molecule has 3 heteroatoms. The fourth-order valence-electron chi connectivity index (χ4n) is 0.542. The largest absolute Gasteiger partial charge is 0.246 e. The molecule has 0 saturated carbocycles. The molecule has 0 unspecified atom stereocenters. The molecular formula is C8H3ClN2. The normalized spacial score (nSPS) is 7.64. The summed E-state index contributed by atoms with van der Waals surface area (Å²) in [5, 5.41) is 8.67. The first kappa shape index (κ1) is 7.60. The maximum atomic E-state index is 8.10. The molecule has 0 aromatic carbocycles. The Labute approximate surface area is 69.4 Å². The molecule has 0 bridgehead atoms. The van der Waals surface area contributed by atoms with Gasteiger partial charge in [-0.05, 0) is 18.1 Å². The summed E-state index contributed by atoms with van der Waals surface area (Å²) in [6.45, 7) is 0. The molecule has 0 spiro atoms. The van der Waals surface area contributed by atoms with Crippen LogP contribution < -0.4 is 0 Å². The van der Waals surface area contributed by atoms with E-state index in [4.69, 9.17) is 16.9 Å². The summed E-state index contributed by atoms with van der Waals surface area (Å²) in [5.74, 6) is 4.77. The zero-order valence-electron chi connectivity index (χ0n) is 5.50. The first-order valence-electron chi connectivity index (χ1n) is 2.84. The van der Waals surface area contributed by atoms with E-state index in [2.05, 4.69) is 16.8 Å². The Balaban J connectivity index is 2.93. The van der Waals surface area contributed by atoms with Gasteiger partial charge in [0.05, 0.1) is 5.02 Å². The van der Waals surface area contributed by atoms with Gasteiger partial charge in [-0.1, -0.05) is 11.6 Å². The van der Waals surface area contributed by atoms with Crippen LogP contribution >= 0.6 is 11.6 Å². The summed E-state index contributed by atoms with van der Waals surface area (Å²) in [4.78, 5) is 3.86. The fourth-order valence-corrected chi connectivity index (χ4v) is 0.654. The van der Waals surface area contributed by atoms with Gasteiger partial charge < -0.3 is 0 Å². The lowest BCUT2D eigenvalue weighted by Crippen LogP contribution is -1.78. The number of halogens is 1. The van der Waals surface area contributed by atoms with Crippen molar-refractivity contribution in [3.05, 3.63) is 29.0 Å². The van der Waals surface area contributed by atoms with Crippen LogP contribution in [0.5, 0.6) is 0 Å². The molecule has 0 aliphatic carbocycles. The lowest BCUT2D eigenvalue weighted by atomic mass is 10.3. The maximum absolute atomic E-state index is 8.10. The number of hydrogen-bond acceptors (Lipinski definition) is 2. The van der Waals surface area contributed by atoms with Gasteiger partial charge in [0.15, 0.2) is 6.07 Å². The lowest BCUT2D eigenvalue weighted by Gasteiger charge is -1.87. The number of rotatable bonds is 0. The van der Waals surface area contributed by atoms with E-state index in [-0.39, 0.29) is 0 Å². The standard InChI is InChI=1S/C8H3ClN2/c9-7-3-4-8(11-6-7)2-1-5-10/h3-4,6H. The van der Waals surface area contributed by atoms with Gasteiger partial charge >= 0.3 is 0 Å². The van der Waals surface area contributed by atoms with Gasteiger partial charge in [-0.3, -0.25) is 0 Å². The molecule has 0 aliphatic heterocycles. The minimum Gasteiger partial charge on any atom is -0.246 e. The van der Waals surface area contributed by atoms with E-state index in [9.17, 15) is 0 Å². The third-order valence-corrected chi connectivity index (χ3v) is 1.20. The first-order chi connectivity index (χ1) is 5.33. The zero-order chi connectivity index (χ0) is 8.10. The third kappa shape index (κ3) is 2.29. The van der Waals surface area contributed by atoms with Gasteiger partial charge in [-0.25, -0.2) is 4.98 Å². The molecule has 0 aliphatic rings. The van der Waals surface area contributed by atoms with E-state index in [0.29, 0.717) is 10.7 Å². The molecule has 1 aromatic heterocycles. The van der Waals surface area contributed by atoms with Crippen molar-refractivity contribution in [2.45, 2.75) is 0 Å². The van der Waals surface area contributed by atoms with Crippen molar-refractivity contribution in [2.75, 3.05) is 0 Å². The Morgan fingerprint density at radius 3 is 2.82 bits per heavy atom. The van der Waals surface area contributed by atoms with Gasteiger partial charge in [0.25, 0.3) is 0 Å². The number of nitriles is 1. The minimum absolute atomic E-state index is 0.552. The summed E-state index contributed by atoms with van der Waals surface area (Å²) in [6, 6.07) is 5.03. The predicted octanol–water partition coefficient (Wildman–Crippen LogP) is 1.61. The topological polar surface area (TPSA) is 36.7 Å². The Kier molecular flexibility index (Phi) is 2.49. The van der Waals surface area contributed by atoms with Crippen molar-refractivity contribution in [1.29, 1.82) is 5.26 Å². The van der Waals surface area contributed by atoms with Crippen molar-refractivity contribution in [1.82, 2.24) is 4.98 Å². The fraction of sp³-hybridized carbons (Fsp3) is 0. The van der Waals surface area contributed by atoms with Crippen LogP contribution in [-0.2, 0) is 0 Å². The summed E-state index contributed by atoms with van der Waals surface area (Å²) in [7, 11) is 0. The quantitative estimate of drug-likeness (QED) is 0.544. The molecule has 1 aromatic rings. The van der Waals surface area contributed by atoms with E-state index in [0.717, 1.165) is 0 Å². The van der Waals surface area contributed by atoms with Gasteiger partial charge in [0.2, 0.25) is 0 Å². The van der Waals surface area contributed by atoms with E-state index in [1.165, 1.54) is 6.20 Å². The van der Waals surface area contributed by atoms with Gasteiger partial charge in [0.1, 0.15) is 5.69 Å². The molecule has 52 valence electrons. The van der Waals surface area contributed by atoms with Gasteiger partial charge in [-0.15, -0.1) is 0 Å². The van der Waals surface area contributed by atoms with Crippen LogP contribution in [0.3, 0.4) is 0 Å². The first-order valence-corrected chi connectivity index (χ1v) is 3.22. The van der Waals surface area contributed by atoms with Crippen LogP contribution in [0.25, 0.3) is 0 Å². The zero-order valence-corrected chi connectivity index (χ0v) is 6.26. The smallest absolute Gasteiger partial charge is 0.152 e. The highest BCUT2D eigenvalue weighted by Crippen LogP contribution is 2.04. The van der Waals surface area contributed by atoms with E-state index >= 15 is 0 Å².